The quantitative estimate of drug-likeness (QED) is 0.110. The number of rotatable bonds is 11. The zero-order chi connectivity index (χ0) is 26.8. The van der Waals surface area contributed by atoms with Gasteiger partial charge in [-0.15, -0.1) is 0 Å². The Bertz CT molecular complexity index is 965. The number of nitro groups is 1. The molecule has 1 amide bonds. The second-order valence-electron chi connectivity index (χ2n) is 8.12. The Balaban J connectivity index is 2.91. The van der Waals surface area contributed by atoms with Gasteiger partial charge in [-0.2, -0.15) is 5.26 Å². The number of hydrogen-bond donors (Lipinski definition) is 0. The molecular weight excluding hydrogens is 466 g/mol. The number of nitriles is 1. The van der Waals surface area contributed by atoms with E-state index in [1.807, 2.05) is 0 Å². The average molecular weight is 495 g/mol. The van der Waals surface area contributed by atoms with E-state index < -0.39 is 40.2 Å². The molecular formula is C22H29N3O10. The lowest BCUT2D eigenvalue weighted by atomic mass is 9.95. The van der Waals surface area contributed by atoms with E-state index in [1.165, 1.54) is 4.90 Å². The molecule has 0 aliphatic carbocycles. The lowest BCUT2D eigenvalue weighted by molar-refractivity contribution is -0.385. The Morgan fingerprint density at radius 1 is 1.11 bits per heavy atom. The van der Waals surface area contributed by atoms with Crippen LogP contribution in [0.2, 0.25) is 0 Å². The zero-order valence-corrected chi connectivity index (χ0v) is 20.5. The van der Waals surface area contributed by atoms with Crippen molar-refractivity contribution in [2.75, 3.05) is 47.6 Å². The Labute approximate surface area is 202 Å². The number of amides is 1. The number of nitro benzene ring substituents is 1. The molecule has 0 saturated carbocycles. The van der Waals surface area contributed by atoms with Gasteiger partial charge in [0.25, 0.3) is 5.69 Å². The highest BCUT2D eigenvalue weighted by molar-refractivity contribution is 6.01. The van der Waals surface area contributed by atoms with Crippen LogP contribution >= 0.6 is 0 Å². The second-order valence-corrected chi connectivity index (χ2v) is 8.12. The predicted octanol–water partition coefficient (Wildman–Crippen LogP) is 2.16. The van der Waals surface area contributed by atoms with Crippen molar-refractivity contribution in [3.8, 4) is 11.8 Å². The summed E-state index contributed by atoms with van der Waals surface area (Å²) in [6.07, 6.45) is -0.500. The predicted molar refractivity (Wildman–Crippen MR) is 120 cm³/mol. The average Bonchev–Trinajstić information content (AvgIpc) is 2.79. The SMILES string of the molecule is COC(=O)C(C(=O)OC)c1cc(OCCOCCN(C)C(=O)OC(C)(C)C)c(C#N)cc1[N+](=O)[O-]. The zero-order valence-electron chi connectivity index (χ0n) is 20.5. The molecule has 13 heteroatoms. The van der Waals surface area contributed by atoms with E-state index in [4.69, 9.17) is 14.2 Å². The van der Waals surface area contributed by atoms with Crippen molar-refractivity contribution in [3.63, 3.8) is 0 Å². The number of carbonyl (C=O) groups is 3. The second kappa shape index (κ2) is 13.1. The molecule has 0 aliphatic rings. The topological polar surface area (TPSA) is 168 Å². The van der Waals surface area contributed by atoms with Crippen molar-refractivity contribution < 1.29 is 43.0 Å². The maximum Gasteiger partial charge on any atom is 0.410 e. The summed E-state index contributed by atoms with van der Waals surface area (Å²) in [5.41, 5.74) is -1.79. The molecule has 0 bridgehead atoms. The van der Waals surface area contributed by atoms with E-state index in [9.17, 15) is 29.8 Å². The molecule has 0 unspecified atom stereocenters. The van der Waals surface area contributed by atoms with E-state index in [1.54, 1.807) is 33.9 Å². The van der Waals surface area contributed by atoms with Crippen molar-refractivity contribution >= 4 is 23.7 Å². The summed E-state index contributed by atoms with van der Waals surface area (Å²) in [7, 11) is 3.59. The van der Waals surface area contributed by atoms with Gasteiger partial charge < -0.3 is 28.6 Å². The Hall–Kier alpha value is -3.92. The van der Waals surface area contributed by atoms with Gasteiger partial charge in [-0.3, -0.25) is 19.7 Å². The van der Waals surface area contributed by atoms with E-state index in [0.29, 0.717) is 0 Å². The molecule has 0 atom stereocenters. The van der Waals surface area contributed by atoms with Crippen LogP contribution in [0, 0.1) is 21.4 Å². The maximum atomic E-state index is 12.2. The van der Waals surface area contributed by atoms with Crippen LogP contribution in [0.25, 0.3) is 0 Å². The van der Waals surface area contributed by atoms with Gasteiger partial charge in [0.15, 0.2) is 5.92 Å². The van der Waals surface area contributed by atoms with Crippen LogP contribution in [-0.4, -0.2) is 81.1 Å². The summed E-state index contributed by atoms with van der Waals surface area (Å²) in [6, 6.07) is 3.74. The van der Waals surface area contributed by atoms with Crippen LogP contribution in [0.4, 0.5) is 10.5 Å². The van der Waals surface area contributed by atoms with E-state index in [-0.39, 0.29) is 43.2 Å². The molecule has 192 valence electrons. The molecule has 0 aliphatic heterocycles. The monoisotopic (exact) mass is 495 g/mol. The van der Waals surface area contributed by atoms with Crippen LogP contribution in [0.15, 0.2) is 12.1 Å². The molecule has 13 nitrogen and oxygen atoms in total. The van der Waals surface area contributed by atoms with Gasteiger partial charge >= 0.3 is 18.0 Å². The number of hydrogen-bond acceptors (Lipinski definition) is 11. The molecule has 0 radical (unpaired) electrons. The minimum absolute atomic E-state index is 0.0524. The molecule has 0 saturated heterocycles. The number of benzene rings is 1. The number of esters is 2. The molecule has 0 N–H and O–H groups in total. The standard InChI is InChI=1S/C22H29N3O10/c1-22(2,3)35-21(28)24(4)7-8-33-9-10-34-17-12-15(16(25(29)30)11-14(17)13-23)18(19(26)31-5)20(27)32-6/h11-12,18H,7-10H2,1-6H3. The van der Waals surface area contributed by atoms with E-state index in [2.05, 4.69) is 9.47 Å². The van der Waals surface area contributed by atoms with Gasteiger partial charge in [-0.05, 0) is 26.8 Å². The van der Waals surface area contributed by atoms with Crippen molar-refractivity contribution in [2.24, 2.45) is 0 Å². The van der Waals surface area contributed by atoms with Crippen molar-refractivity contribution in [1.82, 2.24) is 4.90 Å². The van der Waals surface area contributed by atoms with Crippen molar-refractivity contribution in [1.29, 1.82) is 5.26 Å². The maximum absolute atomic E-state index is 12.2. The number of carbonyl (C=O) groups excluding carboxylic acids is 3. The Kier molecular flexibility index (Phi) is 10.9. The summed E-state index contributed by atoms with van der Waals surface area (Å²) >= 11 is 0. The minimum atomic E-state index is -1.75. The lowest BCUT2D eigenvalue weighted by Crippen LogP contribution is -2.36. The van der Waals surface area contributed by atoms with Crippen LogP contribution < -0.4 is 4.74 Å². The molecule has 35 heavy (non-hydrogen) atoms. The molecule has 0 fully saturated rings. The Morgan fingerprint density at radius 2 is 1.71 bits per heavy atom. The lowest BCUT2D eigenvalue weighted by Gasteiger charge is -2.24. The Morgan fingerprint density at radius 3 is 2.20 bits per heavy atom. The third kappa shape index (κ3) is 8.74. The first kappa shape index (κ1) is 29.1. The van der Waals surface area contributed by atoms with E-state index in [0.717, 1.165) is 26.4 Å². The molecule has 1 aromatic rings. The van der Waals surface area contributed by atoms with Gasteiger partial charge in [0.05, 0.1) is 37.9 Å². The third-order valence-electron chi connectivity index (χ3n) is 4.39. The van der Waals surface area contributed by atoms with Crippen LogP contribution in [0.5, 0.6) is 5.75 Å². The van der Waals surface area contributed by atoms with Crippen LogP contribution in [0.3, 0.4) is 0 Å². The summed E-state index contributed by atoms with van der Waals surface area (Å²) in [4.78, 5) is 48.3. The van der Waals surface area contributed by atoms with Crippen LogP contribution in [0.1, 0.15) is 37.8 Å². The first-order valence-electron chi connectivity index (χ1n) is 10.4. The fourth-order valence-corrected chi connectivity index (χ4v) is 2.71. The molecule has 0 heterocycles. The van der Waals surface area contributed by atoms with Gasteiger partial charge in [-0.1, -0.05) is 0 Å². The highest BCUT2D eigenvalue weighted by Crippen LogP contribution is 2.35. The number of nitrogens with zero attached hydrogens (tertiary/aromatic N) is 3. The summed E-state index contributed by atoms with van der Waals surface area (Å²) in [6.45, 7) is 5.67. The summed E-state index contributed by atoms with van der Waals surface area (Å²) in [5, 5.41) is 20.9. The van der Waals surface area contributed by atoms with E-state index >= 15 is 0 Å². The molecule has 0 aromatic heterocycles. The smallest absolute Gasteiger partial charge is 0.410 e. The van der Waals surface area contributed by atoms with Gasteiger partial charge in [0.2, 0.25) is 0 Å². The third-order valence-corrected chi connectivity index (χ3v) is 4.39. The molecule has 1 rings (SSSR count). The summed E-state index contributed by atoms with van der Waals surface area (Å²) < 4.78 is 25.3. The highest BCUT2D eigenvalue weighted by Gasteiger charge is 2.37. The normalized spacial score (nSPS) is 10.8. The first-order chi connectivity index (χ1) is 16.4. The van der Waals surface area contributed by atoms with Gasteiger partial charge in [-0.25, -0.2) is 4.79 Å². The highest BCUT2D eigenvalue weighted by atomic mass is 16.6. The number of ether oxygens (including phenoxy) is 5. The number of methoxy groups -OCH3 is 2. The minimum Gasteiger partial charge on any atom is -0.490 e. The van der Waals surface area contributed by atoms with Gasteiger partial charge in [0, 0.05) is 19.7 Å². The largest absolute Gasteiger partial charge is 0.490 e. The fraction of sp³-hybridized carbons (Fsp3) is 0.545. The van der Waals surface area contributed by atoms with Gasteiger partial charge in [0.1, 0.15) is 29.6 Å². The molecule has 1 aromatic carbocycles. The first-order valence-corrected chi connectivity index (χ1v) is 10.4. The fourth-order valence-electron chi connectivity index (χ4n) is 2.71. The van der Waals surface area contributed by atoms with Crippen molar-refractivity contribution in [2.45, 2.75) is 32.3 Å². The van der Waals surface area contributed by atoms with Crippen LogP contribution in [-0.2, 0) is 28.5 Å². The summed E-state index contributed by atoms with van der Waals surface area (Å²) in [5.74, 6) is -4.00. The molecule has 0 spiro atoms. The number of likely N-dealkylation sites (N-methyl/N-ethyl adjacent to an activating group) is 1. The van der Waals surface area contributed by atoms with Crippen molar-refractivity contribution in [3.05, 3.63) is 33.4 Å².